The molecule has 14 heavy (non-hydrogen) atoms. The van der Waals surface area contributed by atoms with Gasteiger partial charge in [-0.05, 0) is 28.9 Å². The van der Waals surface area contributed by atoms with E-state index in [2.05, 4.69) is 9.79 Å². The molecule has 0 atom stereocenters. The Morgan fingerprint density at radius 2 is 2.07 bits per heavy atom. The van der Waals surface area contributed by atoms with Crippen molar-refractivity contribution in [2.75, 3.05) is 5.73 Å². The van der Waals surface area contributed by atoms with E-state index in [1.54, 1.807) is 23.0 Å². The van der Waals surface area contributed by atoms with E-state index in [4.69, 9.17) is 5.73 Å². The first-order valence-corrected chi connectivity index (χ1v) is 4.10. The van der Waals surface area contributed by atoms with Crippen molar-refractivity contribution < 1.29 is 13.6 Å². The van der Waals surface area contributed by atoms with Gasteiger partial charge in [-0.15, -0.1) is 0 Å². The molecule has 1 aromatic heterocycles. The summed E-state index contributed by atoms with van der Waals surface area (Å²) in [5.74, 6) is 0.00512. The fraction of sp³-hybridized carbons (Fsp3) is 0.111. The summed E-state index contributed by atoms with van der Waals surface area (Å²) in [6, 6.07) is 6.18. The molecular weight excluding hydrogens is 185 g/mol. The Bertz CT molecular complexity index is 424. The third-order valence-electron chi connectivity index (χ3n) is 1.79. The molecule has 2 aromatic rings. The summed E-state index contributed by atoms with van der Waals surface area (Å²) in [6.07, 6.45) is 1.57. The lowest BCUT2D eigenvalue weighted by molar-refractivity contribution is -0.754. The van der Waals surface area contributed by atoms with E-state index in [9.17, 15) is 4.39 Å². The predicted octanol–water partition coefficient (Wildman–Crippen LogP) is 0.732. The second-order valence-electron chi connectivity index (χ2n) is 2.93. The molecule has 1 aromatic carbocycles. The van der Waals surface area contributed by atoms with Crippen LogP contribution in [-0.4, -0.2) is 5.27 Å². The Morgan fingerprint density at radius 3 is 2.64 bits per heavy atom. The Kier molecular flexibility index (Phi) is 2.14. The number of rotatable bonds is 2. The summed E-state index contributed by atoms with van der Waals surface area (Å²) in [5, 5.41) is 3.66. The van der Waals surface area contributed by atoms with Crippen molar-refractivity contribution in [1.82, 2.24) is 5.27 Å². The fourth-order valence-electron chi connectivity index (χ4n) is 1.14. The number of hydrogen-bond donors (Lipinski definition) is 1. The highest BCUT2D eigenvalue weighted by Gasteiger charge is 2.09. The van der Waals surface area contributed by atoms with Gasteiger partial charge < -0.3 is 5.73 Å². The molecule has 0 saturated heterocycles. The van der Waals surface area contributed by atoms with E-state index in [1.165, 1.54) is 12.1 Å². The molecule has 2 N–H and O–H groups in total. The van der Waals surface area contributed by atoms with E-state index in [0.29, 0.717) is 6.54 Å². The van der Waals surface area contributed by atoms with Crippen LogP contribution in [0.25, 0.3) is 0 Å². The highest BCUT2D eigenvalue weighted by atomic mass is 19.1. The van der Waals surface area contributed by atoms with Crippen LogP contribution in [0, 0.1) is 5.82 Å². The number of nitrogens with two attached hydrogens (primary N) is 1. The van der Waals surface area contributed by atoms with Crippen LogP contribution in [0.15, 0.2) is 35.0 Å². The average Bonchev–Trinajstić information content (AvgIpc) is 2.56. The van der Waals surface area contributed by atoms with Crippen molar-refractivity contribution in [3.8, 4) is 0 Å². The lowest BCUT2D eigenvalue weighted by Crippen LogP contribution is -2.35. The maximum absolute atomic E-state index is 12.6. The third kappa shape index (κ3) is 1.87. The molecule has 72 valence electrons. The summed E-state index contributed by atoms with van der Waals surface area (Å²) in [5.41, 5.74) is 6.28. The van der Waals surface area contributed by atoms with Crippen LogP contribution < -0.4 is 10.4 Å². The molecular formula is C9H9FN3O+. The Hall–Kier alpha value is -1.91. The Labute approximate surface area is 79.7 Å². The number of anilines is 1. The molecule has 0 aliphatic carbocycles. The summed E-state index contributed by atoms with van der Waals surface area (Å²) in [4.78, 5) is 0. The molecule has 0 unspecified atom stereocenters. The summed E-state index contributed by atoms with van der Waals surface area (Å²) < 4.78 is 18.8. The van der Waals surface area contributed by atoms with E-state index >= 15 is 0 Å². The second kappa shape index (κ2) is 3.45. The average molecular weight is 194 g/mol. The molecule has 5 heteroatoms. The van der Waals surface area contributed by atoms with E-state index in [-0.39, 0.29) is 11.7 Å². The summed E-state index contributed by atoms with van der Waals surface area (Å²) in [6.45, 7) is 0.515. The number of hydrogen-bond acceptors (Lipinski definition) is 3. The molecule has 0 aliphatic rings. The molecule has 0 saturated carbocycles. The van der Waals surface area contributed by atoms with Crippen LogP contribution in [0.5, 0.6) is 0 Å². The third-order valence-corrected chi connectivity index (χ3v) is 1.79. The Balaban J connectivity index is 2.15. The van der Waals surface area contributed by atoms with Gasteiger partial charge in [0.2, 0.25) is 11.8 Å². The van der Waals surface area contributed by atoms with Gasteiger partial charge in [0.1, 0.15) is 5.82 Å². The van der Waals surface area contributed by atoms with Crippen molar-refractivity contribution in [2.45, 2.75) is 6.54 Å². The molecule has 0 bridgehead atoms. The smallest absolute Gasteiger partial charge is 0.293 e. The number of halogens is 1. The molecule has 0 aliphatic heterocycles. The van der Waals surface area contributed by atoms with Gasteiger partial charge in [-0.2, -0.15) is 0 Å². The second-order valence-corrected chi connectivity index (χ2v) is 2.93. The van der Waals surface area contributed by atoms with Crippen LogP contribution in [-0.2, 0) is 6.54 Å². The van der Waals surface area contributed by atoms with Gasteiger partial charge in [-0.25, -0.2) is 4.39 Å². The topological polar surface area (TPSA) is 55.9 Å². The van der Waals surface area contributed by atoms with Gasteiger partial charge in [0.25, 0.3) is 12.1 Å². The van der Waals surface area contributed by atoms with Gasteiger partial charge in [0.05, 0.1) is 0 Å². The van der Waals surface area contributed by atoms with Crippen LogP contribution >= 0.6 is 0 Å². The molecule has 4 nitrogen and oxygen atoms in total. The van der Waals surface area contributed by atoms with Crippen molar-refractivity contribution in [3.05, 3.63) is 41.8 Å². The first-order valence-electron chi connectivity index (χ1n) is 4.10. The predicted molar refractivity (Wildman–Crippen MR) is 46.6 cm³/mol. The maximum Gasteiger partial charge on any atom is 0.293 e. The highest BCUT2D eigenvalue weighted by Crippen LogP contribution is 2.02. The van der Waals surface area contributed by atoms with Crippen molar-refractivity contribution in [2.24, 2.45) is 0 Å². The van der Waals surface area contributed by atoms with Gasteiger partial charge in [-0.3, -0.25) is 4.52 Å². The van der Waals surface area contributed by atoms with Crippen molar-refractivity contribution in [3.63, 3.8) is 0 Å². The first-order chi connectivity index (χ1) is 6.74. The SMILES string of the molecule is Nc1c[n+](Cc2ccc(F)cc2)no1. The quantitative estimate of drug-likeness (QED) is 0.717. The minimum Gasteiger partial charge on any atom is -0.362 e. The fourth-order valence-corrected chi connectivity index (χ4v) is 1.14. The van der Waals surface area contributed by atoms with Crippen LogP contribution in [0.3, 0.4) is 0 Å². The highest BCUT2D eigenvalue weighted by molar-refractivity contribution is 5.15. The summed E-state index contributed by atoms with van der Waals surface area (Å²) >= 11 is 0. The zero-order valence-corrected chi connectivity index (χ0v) is 7.35. The summed E-state index contributed by atoms with van der Waals surface area (Å²) in [7, 11) is 0. The van der Waals surface area contributed by atoms with Gasteiger partial charge in [0.15, 0.2) is 0 Å². The van der Waals surface area contributed by atoms with Crippen molar-refractivity contribution >= 4 is 5.88 Å². The molecule has 0 amide bonds. The molecule has 1 heterocycles. The molecule has 2 rings (SSSR count). The largest absolute Gasteiger partial charge is 0.362 e. The minimum atomic E-state index is -0.251. The first kappa shape index (κ1) is 8.68. The van der Waals surface area contributed by atoms with Gasteiger partial charge in [0, 0.05) is 5.56 Å². The molecule has 0 fully saturated rings. The van der Waals surface area contributed by atoms with Crippen LogP contribution in [0.4, 0.5) is 10.3 Å². The van der Waals surface area contributed by atoms with Crippen LogP contribution in [0.1, 0.15) is 5.56 Å². The zero-order valence-electron chi connectivity index (χ0n) is 7.35. The maximum atomic E-state index is 12.6. The van der Waals surface area contributed by atoms with Crippen LogP contribution in [0.2, 0.25) is 0 Å². The zero-order chi connectivity index (χ0) is 9.97. The van der Waals surface area contributed by atoms with E-state index in [0.717, 1.165) is 5.56 Å². The van der Waals surface area contributed by atoms with E-state index in [1.807, 2.05) is 0 Å². The lowest BCUT2D eigenvalue weighted by atomic mass is 10.2. The van der Waals surface area contributed by atoms with Crippen molar-refractivity contribution in [1.29, 1.82) is 0 Å². The molecule has 0 spiro atoms. The van der Waals surface area contributed by atoms with Gasteiger partial charge in [-0.1, -0.05) is 0 Å². The number of aromatic nitrogens is 2. The monoisotopic (exact) mass is 194 g/mol. The number of benzene rings is 1. The minimum absolute atomic E-state index is 0.251. The normalized spacial score (nSPS) is 10.4. The van der Waals surface area contributed by atoms with E-state index < -0.39 is 0 Å². The molecule has 0 radical (unpaired) electrons. The number of nitrogens with zero attached hydrogens (tertiary/aromatic N) is 2. The Morgan fingerprint density at radius 1 is 1.36 bits per heavy atom. The lowest BCUT2D eigenvalue weighted by Gasteiger charge is -1.91. The standard InChI is InChI=1S/C9H9FN3O/c10-8-3-1-7(2-4-8)5-13-6-9(11)14-12-13/h1-4,6H,5,11H2/q+1. The number of nitrogen functional groups attached to an aromatic ring is 1. The van der Waals surface area contributed by atoms with Gasteiger partial charge >= 0.3 is 0 Å².